The average molecular weight is 288 g/mol. The van der Waals surface area contributed by atoms with Gasteiger partial charge in [0.2, 0.25) is 5.13 Å². The summed E-state index contributed by atoms with van der Waals surface area (Å²) in [6.45, 7) is 9.89. The number of thioether (sulfide) groups is 1. The SMILES string of the molecule is CC(CNC(C)(C)C)CSc1nnc(N(C)C)s1. The Labute approximate surface area is 119 Å². The average Bonchev–Trinajstić information content (AvgIpc) is 2.71. The molecule has 6 heteroatoms. The van der Waals surface area contributed by atoms with Crippen molar-refractivity contribution in [3.05, 3.63) is 0 Å². The van der Waals surface area contributed by atoms with Gasteiger partial charge in [-0.3, -0.25) is 0 Å². The Hall–Kier alpha value is -0.330. The summed E-state index contributed by atoms with van der Waals surface area (Å²) in [6, 6.07) is 0. The molecule has 4 nitrogen and oxygen atoms in total. The molecule has 0 radical (unpaired) electrons. The minimum atomic E-state index is 0.194. The van der Waals surface area contributed by atoms with Gasteiger partial charge in [-0.1, -0.05) is 30.0 Å². The number of aromatic nitrogens is 2. The van der Waals surface area contributed by atoms with E-state index in [4.69, 9.17) is 0 Å². The number of nitrogens with zero attached hydrogens (tertiary/aromatic N) is 3. The first-order valence-electron chi connectivity index (χ1n) is 6.16. The molecular weight excluding hydrogens is 264 g/mol. The monoisotopic (exact) mass is 288 g/mol. The van der Waals surface area contributed by atoms with Crippen molar-refractivity contribution in [2.24, 2.45) is 5.92 Å². The molecule has 0 fully saturated rings. The summed E-state index contributed by atoms with van der Waals surface area (Å²) in [4.78, 5) is 1.99. The highest BCUT2D eigenvalue weighted by Gasteiger charge is 2.12. The summed E-state index contributed by atoms with van der Waals surface area (Å²) in [5, 5.41) is 12.8. The minimum absolute atomic E-state index is 0.194. The van der Waals surface area contributed by atoms with Crippen LogP contribution in [0.2, 0.25) is 0 Å². The van der Waals surface area contributed by atoms with E-state index in [1.807, 2.05) is 19.0 Å². The predicted molar refractivity (Wildman–Crippen MR) is 81.9 cm³/mol. The molecular formula is C12H24N4S2. The highest BCUT2D eigenvalue weighted by Crippen LogP contribution is 2.28. The normalized spacial score (nSPS) is 13.7. The van der Waals surface area contributed by atoms with Gasteiger partial charge in [0.1, 0.15) is 0 Å². The van der Waals surface area contributed by atoms with E-state index in [-0.39, 0.29) is 5.54 Å². The first-order valence-corrected chi connectivity index (χ1v) is 7.97. The zero-order valence-electron chi connectivity index (χ0n) is 12.1. The Kier molecular flexibility index (Phi) is 5.88. The van der Waals surface area contributed by atoms with Gasteiger partial charge < -0.3 is 10.2 Å². The van der Waals surface area contributed by atoms with Gasteiger partial charge in [0.05, 0.1) is 0 Å². The Morgan fingerprint density at radius 3 is 2.50 bits per heavy atom. The van der Waals surface area contributed by atoms with Crippen LogP contribution < -0.4 is 10.2 Å². The van der Waals surface area contributed by atoms with Gasteiger partial charge in [0.15, 0.2) is 4.34 Å². The summed E-state index contributed by atoms with van der Waals surface area (Å²) >= 11 is 3.45. The van der Waals surface area contributed by atoms with Crippen LogP contribution in [0.25, 0.3) is 0 Å². The largest absolute Gasteiger partial charge is 0.353 e. The fourth-order valence-corrected chi connectivity index (χ4v) is 3.00. The first-order chi connectivity index (χ1) is 8.28. The van der Waals surface area contributed by atoms with Crippen LogP contribution in [0.5, 0.6) is 0 Å². The second-order valence-electron chi connectivity index (χ2n) is 5.79. The third-order valence-electron chi connectivity index (χ3n) is 2.25. The molecule has 0 bridgehead atoms. The zero-order chi connectivity index (χ0) is 13.8. The maximum atomic E-state index is 4.19. The molecule has 1 rings (SSSR count). The van der Waals surface area contributed by atoms with Crippen molar-refractivity contribution in [1.29, 1.82) is 0 Å². The Bertz CT molecular complexity index is 357. The van der Waals surface area contributed by atoms with Crippen LogP contribution in [0, 0.1) is 5.92 Å². The van der Waals surface area contributed by atoms with Crippen molar-refractivity contribution in [3.63, 3.8) is 0 Å². The second-order valence-corrected chi connectivity index (χ2v) is 8.02. The number of nitrogens with one attached hydrogen (secondary N) is 1. The quantitative estimate of drug-likeness (QED) is 0.815. The van der Waals surface area contributed by atoms with Gasteiger partial charge >= 0.3 is 0 Å². The molecule has 1 heterocycles. The number of rotatable bonds is 6. The molecule has 0 amide bonds. The summed E-state index contributed by atoms with van der Waals surface area (Å²) in [5.41, 5.74) is 0.194. The molecule has 0 saturated heterocycles. The Morgan fingerprint density at radius 1 is 1.33 bits per heavy atom. The van der Waals surface area contributed by atoms with Crippen molar-refractivity contribution in [3.8, 4) is 0 Å². The molecule has 1 unspecified atom stereocenters. The standard InChI is InChI=1S/C12H24N4S2/c1-9(7-13-12(2,3)4)8-17-11-15-14-10(18-11)16(5)6/h9,13H,7-8H2,1-6H3. The van der Waals surface area contributed by atoms with Gasteiger partial charge in [-0.2, -0.15) is 0 Å². The van der Waals surface area contributed by atoms with Crippen molar-refractivity contribution >= 4 is 28.2 Å². The van der Waals surface area contributed by atoms with E-state index >= 15 is 0 Å². The fraction of sp³-hybridized carbons (Fsp3) is 0.833. The number of hydrogen-bond donors (Lipinski definition) is 1. The third kappa shape index (κ3) is 6.02. The van der Waals surface area contributed by atoms with Crippen LogP contribution in [0.15, 0.2) is 4.34 Å². The van der Waals surface area contributed by atoms with Crippen molar-refractivity contribution in [2.45, 2.75) is 37.6 Å². The second kappa shape index (κ2) is 6.73. The molecule has 18 heavy (non-hydrogen) atoms. The van der Waals surface area contributed by atoms with Gasteiger partial charge in [-0.25, -0.2) is 0 Å². The molecule has 0 aliphatic rings. The maximum Gasteiger partial charge on any atom is 0.208 e. The summed E-state index contributed by atoms with van der Waals surface area (Å²) < 4.78 is 1.06. The highest BCUT2D eigenvalue weighted by molar-refractivity contribution is 8.01. The summed E-state index contributed by atoms with van der Waals surface area (Å²) in [6.07, 6.45) is 0. The van der Waals surface area contributed by atoms with E-state index in [0.29, 0.717) is 5.92 Å². The molecule has 0 aromatic carbocycles. The van der Waals surface area contributed by atoms with E-state index in [2.05, 4.69) is 43.2 Å². The highest BCUT2D eigenvalue weighted by atomic mass is 32.2. The third-order valence-corrected chi connectivity index (χ3v) is 4.80. The van der Waals surface area contributed by atoms with Gasteiger partial charge in [0, 0.05) is 25.4 Å². The van der Waals surface area contributed by atoms with Crippen molar-refractivity contribution < 1.29 is 0 Å². The van der Waals surface area contributed by atoms with Crippen LogP contribution in [-0.4, -0.2) is 42.1 Å². The van der Waals surface area contributed by atoms with E-state index in [0.717, 1.165) is 21.8 Å². The van der Waals surface area contributed by atoms with Gasteiger partial charge in [-0.15, -0.1) is 10.2 Å². The minimum Gasteiger partial charge on any atom is -0.353 e. The van der Waals surface area contributed by atoms with E-state index in [1.54, 1.807) is 23.1 Å². The maximum absolute atomic E-state index is 4.19. The molecule has 1 atom stereocenters. The zero-order valence-corrected chi connectivity index (χ0v) is 13.8. The lowest BCUT2D eigenvalue weighted by atomic mass is 10.1. The van der Waals surface area contributed by atoms with Crippen LogP contribution >= 0.6 is 23.1 Å². The Morgan fingerprint density at radius 2 is 2.00 bits per heavy atom. The first kappa shape index (κ1) is 15.7. The van der Waals surface area contributed by atoms with Crippen LogP contribution in [0.3, 0.4) is 0 Å². The molecule has 0 aliphatic carbocycles. The van der Waals surface area contributed by atoms with Crippen LogP contribution in [0.4, 0.5) is 5.13 Å². The number of anilines is 1. The predicted octanol–water partition coefficient (Wildman–Crippen LogP) is 2.72. The molecule has 0 saturated carbocycles. The molecule has 0 aliphatic heterocycles. The lowest BCUT2D eigenvalue weighted by molar-refractivity contribution is 0.395. The molecule has 0 spiro atoms. The van der Waals surface area contributed by atoms with Crippen LogP contribution in [0.1, 0.15) is 27.7 Å². The van der Waals surface area contributed by atoms with E-state index in [1.165, 1.54) is 0 Å². The molecule has 1 aromatic heterocycles. The lowest BCUT2D eigenvalue weighted by Gasteiger charge is -2.23. The van der Waals surface area contributed by atoms with Gasteiger partial charge in [0.25, 0.3) is 0 Å². The van der Waals surface area contributed by atoms with Crippen molar-refractivity contribution in [1.82, 2.24) is 15.5 Å². The van der Waals surface area contributed by atoms with E-state index < -0.39 is 0 Å². The molecule has 1 N–H and O–H groups in total. The number of hydrogen-bond acceptors (Lipinski definition) is 6. The summed E-state index contributed by atoms with van der Waals surface area (Å²) in [7, 11) is 3.98. The fourth-order valence-electron chi connectivity index (χ4n) is 1.19. The summed E-state index contributed by atoms with van der Waals surface area (Å²) in [5.74, 6) is 1.70. The topological polar surface area (TPSA) is 41.1 Å². The molecule has 104 valence electrons. The molecule has 1 aromatic rings. The van der Waals surface area contributed by atoms with Crippen molar-refractivity contribution in [2.75, 3.05) is 31.3 Å². The smallest absolute Gasteiger partial charge is 0.208 e. The Balaban J connectivity index is 2.31. The van der Waals surface area contributed by atoms with Gasteiger partial charge in [-0.05, 0) is 33.2 Å². The van der Waals surface area contributed by atoms with Crippen LogP contribution in [-0.2, 0) is 0 Å². The van der Waals surface area contributed by atoms with E-state index in [9.17, 15) is 0 Å². The lowest BCUT2D eigenvalue weighted by Crippen LogP contribution is -2.39.